The fourth-order valence-electron chi connectivity index (χ4n) is 3.39. The van der Waals surface area contributed by atoms with Crippen molar-refractivity contribution in [2.45, 2.75) is 57.1 Å². The Morgan fingerprint density at radius 2 is 2.05 bits per heavy atom. The molecule has 0 saturated heterocycles. The van der Waals surface area contributed by atoms with Gasteiger partial charge in [0.1, 0.15) is 0 Å². The van der Waals surface area contributed by atoms with Gasteiger partial charge in [-0.05, 0) is 91.6 Å². The van der Waals surface area contributed by atoms with Gasteiger partial charge in [-0.1, -0.05) is 0 Å². The highest BCUT2D eigenvalue weighted by Crippen LogP contribution is 2.36. The lowest BCUT2D eigenvalue weighted by molar-refractivity contribution is 0.107. The Morgan fingerprint density at radius 1 is 1.26 bits per heavy atom. The second-order valence-electron chi connectivity index (χ2n) is 5.96. The lowest BCUT2D eigenvalue weighted by atomic mass is 9.86. The number of aliphatic hydroxyl groups excluding tert-OH is 1. The third-order valence-electron chi connectivity index (χ3n) is 4.55. The number of nitrogens with one attached hydrogen (secondary N) is 1. The van der Waals surface area contributed by atoms with Crippen LogP contribution in [0.2, 0.25) is 0 Å². The van der Waals surface area contributed by atoms with Crippen LogP contribution in [0.1, 0.15) is 55.0 Å². The Morgan fingerprint density at radius 3 is 2.84 bits per heavy atom. The number of hydrogen-bond acceptors (Lipinski definition) is 3. The van der Waals surface area contributed by atoms with E-state index in [4.69, 9.17) is 0 Å². The lowest BCUT2D eigenvalue weighted by Crippen LogP contribution is -2.31. The summed E-state index contributed by atoms with van der Waals surface area (Å²) in [4.78, 5) is 1.60. The Labute approximate surface area is 133 Å². The molecule has 1 atom stereocenters. The van der Waals surface area contributed by atoms with Crippen LogP contribution in [0.4, 0.5) is 0 Å². The van der Waals surface area contributed by atoms with Crippen molar-refractivity contribution in [3.05, 3.63) is 19.4 Å². The fourth-order valence-corrected chi connectivity index (χ4v) is 5.51. The first-order valence-electron chi connectivity index (χ1n) is 7.42. The van der Waals surface area contributed by atoms with E-state index in [0.717, 1.165) is 25.3 Å². The van der Waals surface area contributed by atoms with E-state index in [1.165, 1.54) is 35.0 Å². The molecule has 1 aromatic heterocycles. The van der Waals surface area contributed by atoms with Crippen molar-refractivity contribution in [1.82, 2.24) is 5.32 Å². The van der Waals surface area contributed by atoms with E-state index < -0.39 is 0 Å². The predicted molar refractivity (Wildman–Crippen MR) is 88.7 cm³/mol. The van der Waals surface area contributed by atoms with Gasteiger partial charge in [-0.25, -0.2) is 0 Å². The van der Waals surface area contributed by atoms with Crippen LogP contribution < -0.4 is 5.32 Å². The highest BCUT2D eigenvalue weighted by atomic mass is 127. The van der Waals surface area contributed by atoms with Gasteiger partial charge in [-0.2, -0.15) is 0 Å². The summed E-state index contributed by atoms with van der Waals surface area (Å²) < 4.78 is 1.43. The van der Waals surface area contributed by atoms with E-state index in [1.54, 1.807) is 10.4 Å². The van der Waals surface area contributed by atoms with Crippen molar-refractivity contribution in [2.75, 3.05) is 6.54 Å². The van der Waals surface area contributed by atoms with Crippen LogP contribution in [0.25, 0.3) is 0 Å². The van der Waals surface area contributed by atoms with E-state index in [0.29, 0.717) is 6.04 Å². The normalized spacial score (nSPS) is 31.2. The van der Waals surface area contributed by atoms with Crippen LogP contribution >= 0.6 is 33.9 Å². The van der Waals surface area contributed by atoms with Crippen LogP contribution in [-0.4, -0.2) is 17.8 Å². The van der Waals surface area contributed by atoms with Gasteiger partial charge in [0.2, 0.25) is 0 Å². The highest BCUT2D eigenvalue weighted by Gasteiger charge is 2.24. The van der Waals surface area contributed by atoms with Crippen LogP contribution in [0.15, 0.2) is 6.07 Å². The second-order valence-corrected chi connectivity index (χ2v) is 8.99. The molecule has 2 aliphatic rings. The van der Waals surface area contributed by atoms with Crippen molar-refractivity contribution in [2.24, 2.45) is 5.92 Å². The van der Waals surface area contributed by atoms with E-state index in [1.807, 2.05) is 11.3 Å². The summed E-state index contributed by atoms with van der Waals surface area (Å²) >= 11 is 4.42. The maximum Gasteiger partial charge on any atom is 0.0659 e. The van der Waals surface area contributed by atoms with Gasteiger partial charge in [0.15, 0.2) is 0 Å². The average molecular weight is 391 g/mol. The first-order valence-corrected chi connectivity index (χ1v) is 9.31. The predicted octanol–water partition coefficient (Wildman–Crippen LogP) is 3.87. The summed E-state index contributed by atoms with van der Waals surface area (Å²) in [6.07, 6.45) is 8.23. The van der Waals surface area contributed by atoms with Gasteiger partial charge in [0.25, 0.3) is 0 Å². The quantitative estimate of drug-likeness (QED) is 0.767. The van der Waals surface area contributed by atoms with E-state index in [2.05, 4.69) is 34.0 Å². The molecular weight excluding hydrogens is 369 g/mol. The lowest BCUT2D eigenvalue weighted by Gasteiger charge is -2.29. The molecule has 1 fully saturated rings. The van der Waals surface area contributed by atoms with Gasteiger partial charge in [0, 0.05) is 10.9 Å². The molecule has 2 nitrogen and oxygen atoms in total. The van der Waals surface area contributed by atoms with Crippen molar-refractivity contribution in [3.8, 4) is 0 Å². The van der Waals surface area contributed by atoms with Crippen molar-refractivity contribution in [1.29, 1.82) is 0 Å². The Kier molecular flexibility index (Phi) is 4.82. The molecule has 2 N–H and O–H groups in total. The average Bonchev–Trinajstić information content (AvgIpc) is 2.79. The van der Waals surface area contributed by atoms with Crippen molar-refractivity contribution in [3.63, 3.8) is 0 Å². The van der Waals surface area contributed by atoms with Crippen molar-refractivity contribution < 1.29 is 5.11 Å². The van der Waals surface area contributed by atoms with Gasteiger partial charge < -0.3 is 10.4 Å². The minimum absolute atomic E-state index is 0.0315. The summed E-state index contributed by atoms with van der Waals surface area (Å²) in [6, 6.07) is 2.96. The SMILES string of the molecule is OC1CCC(CNC2CCCc3sc(I)cc32)CC1. The molecule has 4 heteroatoms. The monoisotopic (exact) mass is 391 g/mol. The molecule has 3 rings (SSSR count). The number of hydrogen-bond donors (Lipinski definition) is 2. The number of halogens is 1. The number of thiophene rings is 1. The van der Waals surface area contributed by atoms with Crippen LogP contribution in [0.3, 0.4) is 0 Å². The molecule has 1 aromatic rings. The molecule has 0 spiro atoms. The summed E-state index contributed by atoms with van der Waals surface area (Å²) in [6.45, 7) is 1.13. The molecule has 1 saturated carbocycles. The maximum atomic E-state index is 9.56. The number of aryl methyl sites for hydroxylation is 1. The van der Waals surface area contributed by atoms with Gasteiger partial charge in [-0.3, -0.25) is 0 Å². The molecule has 1 unspecified atom stereocenters. The number of fused-ring (bicyclic) bond motifs is 1. The third kappa shape index (κ3) is 3.52. The van der Waals surface area contributed by atoms with Gasteiger partial charge >= 0.3 is 0 Å². The minimum atomic E-state index is -0.0315. The molecule has 0 amide bonds. The Balaban J connectivity index is 1.56. The molecular formula is C15H22INOS. The summed E-state index contributed by atoms with van der Waals surface area (Å²) in [5.41, 5.74) is 1.57. The molecule has 0 radical (unpaired) electrons. The Bertz CT molecular complexity index is 426. The highest BCUT2D eigenvalue weighted by molar-refractivity contribution is 14.1. The van der Waals surface area contributed by atoms with Crippen LogP contribution in [0.5, 0.6) is 0 Å². The first-order chi connectivity index (χ1) is 9.22. The molecule has 0 aromatic carbocycles. The molecule has 0 aliphatic heterocycles. The van der Waals surface area contributed by atoms with Crippen LogP contribution in [0, 0.1) is 8.80 Å². The Hall–Kier alpha value is 0.350. The largest absolute Gasteiger partial charge is 0.393 e. The molecule has 106 valence electrons. The standard InChI is InChI=1S/C15H22INOS/c16-15-8-12-13(2-1-3-14(12)19-15)17-9-10-4-6-11(18)7-5-10/h8,10-11,13,17-18H,1-7,9H2. The van der Waals surface area contributed by atoms with Gasteiger partial charge in [0.05, 0.1) is 8.99 Å². The third-order valence-corrected chi connectivity index (χ3v) is 6.52. The maximum absolute atomic E-state index is 9.56. The molecule has 1 heterocycles. The number of rotatable bonds is 3. The first kappa shape index (κ1) is 14.3. The molecule has 2 aliphatic carbocycles. The minimum Gasteiger partial charge on any atom is -0.393 e. The van der Waals surface area contributed by atoms with Crippen molar-refractivity contribution >= 4 is 33.9 Å². The zero-order chi connectivity index (χ0) is 13.2. The molecule has 0 bridgehead atoms. The smallest absolute Gasteiger partial charge is 0.0659 e. The number of aliphatic hydroxyl groups is 1. The summed E-state index contributed by atoms with van der Waals surface area (Å²) in [7, 11) is 0. The fraction of sp³-hybridized carbons (Fsp3) is 0.733. The summed E-state index contributed by atoms with van der Waals surface area (Å²) in [5.74, 6) is 0.770. The van der Waals surface area contributed by atoms with E-state index in [-0.39, 0.29) is 6.10 Å². The molecule has 19 heavy (non-hydrogen) atoms. The van der Waals surface area contributed by atoms with E-state index >= 15 is 0 Å². The zero-order valence-electron chi connectivity index (χ0n) is 11.2. The summed E-state index contributed by atoms with van der Waals surface area (Å²) in [5, 5.41) is 13.4. The second kappa shape index (κ2) is 6.41. The topological polar surface area (TPSA) is 32.3 Å². The zero-order valence-corrected chi connectivity index (χ0v) is 14.2. The van der Waals surface area contributed by atoms with Gasteiger partial charge in [-0.15, -0.1) is 11.3 Å². The van der Waals surface area contributed by atoms with Crippen LogP contribution in [-0.2, 0) is 6.42 Å². The van der Waals surface area contributed by atoms with E-state index in [9.17, 15) is 5.11 Å².